The second-order valence-corrected chi connectivity index (χ2v) is 10.4. The predicted molar refractivity (Wildman–Crippen MR) is 134 cm³/mol. The van der Waals surface area contributed by atoms with E-state index in [0.29, 0.717) is 18.2 Å². The number of amides is 1. The molecule has 12 heteroatoms. The zero-order chi connectivity index (χ0) is 27.6. The highest BCUT2D eigenvalue weighted by molar-refractivity contribution is 5.91. The average molecular weight is 532 g/mol. The maximum absolute atomic E-state index is 14.8. The van der Waals surface area contributed by atoms with E-state index in [1.165, 1.54) is 43.1 Å². The van der Waals surface area contributed by atoms with Crippen LogP contribution in [0.5, 0.6) is 0 Å². The Hall–Kier alpha value is -3.67. The van der Waals surface area contributed by atoms with Gasteiger partial charge in [-0.1, -0.05) is 18.2 Å². The van der Waals surface area contributed by atoms with Gasteiger partial charge in [0, 0.05) is 50.5 Å². The lowest BCUT2D eigenvalue weighted by atomic mass is 9.90. The molecule has 1 aliphatic heterocycles. The first kappa shape index (κ1) is 26.0. The molecule has 2 aromatic heterocycles. The van der Waals surface area contributed by atoms with Crippen molar-refractivity contribution in [3.8, 4) is 0 Å². The third-order valence-corrected chi connectivity index (χ3v) is 7.61. The number of nitrogens with one attached hydrogen (secondary N) is 1. The Morgan fingerprint density at radius 1 is 1.16 bits per heavy atom. The zero-order valence-corrected chi connectivity index (χ0v) is 21.4. The number of fused-ring (bicyclic) bond motifs is 1. The number of nitrogens with zero attached hydrogens (tertiary/aromatic N) is 4. The van der Waals surface area contributed by atoms with Crippen molar-refractivity contribution >= 4 is 22.5 Å². The van der Waals surface area contributed by atoms with Gasteiger partial charge in [0.1, 0.15) is 11.4 Å². The summed E-state index contributed by atoms with van der Waals surface area (Å²) in [5.41, 5.74) is -3.12. The summed E-state index contributed by atoms with van der Waals surface area (Å²) in [4.78, 5) is 40.4. The quantitative estimate of drug-likeness (QED) is 0.503. The Morgan fingerprint density at radius 2 is 1.82 bits per heavy atom. The lowest BCUT2D eigenvalue weighted by molar-refractivity contribution is -0.155. The van der Waals surface area contributed by atoms with Gasteiger partial charge in [0.25, 0.3) is 23.5 Å². The molecule has 1 unspecified atom stereocenters. The molecule has 1 aromatic carbocycles. The molecule has 2 aliphatic rings. The number of likely N-dealkylation sites (tertiary alicyclic amines) is 1. The molecule has 5 rings (SSSR count). The number of methoxy groups -OCH3 is 1. The van der Waals surface area contributed by atoms with Crippen molar-refractivity contribution in [1.82, 2.24) is 19.2 Å². The molecule has 1 atom stereocenters. The summed E-state index contributed by atoms with van der Waals surface area (Å²) in [6, 6.07) is 4.20. The van der Waals surface area contributed by atoms with Crippen LogP contribution < -0.4 is 16.4 Å². The normalized spacial score (nSPS) is 18.4. The number of aryl methyl sites for hydroxylation is 1. The van der Waals surface area contributed by atoms with Gasteiger partial charge < -0.3 is 19.5 Å². The smallest absolute Gasteiger partial charge is 0.274 e. The molecular formula is C26H28F3N5O4. The standard InChI is InChI=1S/C26H28F3N5O4/c1-14(15-6-5-7-16(20(15)27)21(28)29)30-22-18-11-34(19(35)10-17(18)23(36)32(3)31-22)25(2)12-33(13-25)24(37)26(38-4)8-9-26/h5-7,10-11,14,21H,8-9,12-13H2,1-4H3,(H,30,31). The topological polar surface area (TPSA) is 98.5 Å². The number of anilines is 1. The van der Waals surface area contributed by atoms with E-state index < -0.39 is 46.1 Å². The first-order chi connectivity index (χ1) is 17.9. The lowest BCUT2D eigenvalue weighted by Crippen LogP contribution is -2.66. The number of alkyl halides is 2. The molecule has 0 radical (unpaired) electrons. The van der Waals surface area contributed by atoms with Crippen LogP contribution in [0.2, 0.25) is 0 Å². The van der Waals surface area contributed by atoms with Crippen LogP contribution in [0.3, 0.4) is 0 Å². The average Bonchev–Trinajstić information content (AvgIpc) is 3.66. The molecule has 1 amide bonds. The van der Waals surface area contributed by atoms with Crippen molar-refractivity contribution < 1.29 is 22.7 Å². The largest absolute Gasteiger partial charge is 0.368 e. The van der Waals surface area contributed by atoms with Gasteiger partial charge in [-0.15, -0.1) is 0 Å². The van der Waals surface area contributed by atoms with Crippen LogP contribution in [-0.4, -0.2) is 51.0 Å². The van der Waals surface area contributed by atoms with E-state index in [-0.39, 0.29) is 35.8 Å². The van der Waals surface area contributed by atoms with E-state index in [2.05, 4.69) is 10.4 Å². The van der Waals surface area contributed by atoms with Gasteiger partial charge in [0.2, 0.25) is 0 Å². The summed E-state index contributed by atoms with van der Waals surface area (Å²) in [5, 5.41) is 7.71. The molecule has 9 nitrogen and oxygen atoms in total. The summed E-state index contributed by atoms with van der Waals surface area (Å²) in [6.07, 6.45) is -0.137. The molecule has 3 aromatic rings. The van der Waals surface area contributed by atoms with Gasteiger partial charge in [0.05, 0.1) is 22.5 Å². The summed E-state index contributed by atoms with van der Waals surface area (Å²) >= 11 is 0. The number of pyridine rings is 1. The molecule has 2 fully saturated rings. The summed E-state index contributed by atoms with van der Waals surface area (Å²) in [7, 11) is 2.93. The van der Waals surface area contributed by atoms with Gasteiger partial charge in [-0.3, -0.25) is 14.4 Å². The van der Waals surface area contributed by atoms with Crippen LogP contribution in [-0.2, 0) is 22.1 Å². The molecule has 1 saturated heterocycles. The minimum Gasteiger partial charge on any atom is -0.368 e. The third kappa shape index (κ3) is 4.07. The maximum Gasteiger partial charge on any atom is 0.274 e. The van der Waals surface area contributed by atoms with Crippen LogP contribution in [0.4, 0.5) is 19.0 Å². The molecule has 1 aliphatic carbocycles. The van der Waals surface area contributed by atoms with Crippen molar-refractivity contribution in [2.45, 2.75) is 50.3 Å². The van der Waals surface area contributed by atoms with Crippen molar-refractivity contribution in [3.05, 3.63) is 68.1 Å². The summed E-state index contributed by atoms with van der Waals surface area (Å²) in [5.74, 6) is -0.951. The first-order valence-electron chi connectivity index (χ1n) is 12.2. The SMILES string of the molecule is COC1(C(=O)N2CC(C)(n3cc4c(NC(C)c5cccc(C(F)F)c5F)nn(C)c(=O)c4cc3=O)C2)CC1. The van der Waals surface area contributed by atoms with E-state index >= 15 is 0 Å². The Bertz CT molecular complexity index is 1560. The van der Waals surface area contributed by atoms with Gasteiger partial charge in [-0.25, -0.2) is 17.9 Å². The molecule has 1 N–H and O–H groups in total. The van der Waals surface area contributed by atoms with Gasteiger partial charge in [-0.05, 0) is 26.7 Å². The minimum atomic E-state index is -2.97. The predicted octanol–water partition coefficient (Wildman–Crippen LogP) is 3.08. The van der Waals surface area contributed by atoms with Crippen LogP contribution in [0.1, 0.15) is 50.3 Å². The number of aromatic nitrogens is 3. The Labute approximate surface area is 215 Å². The molecule has 1 saturated carbocycles. The number of carbonyl (C=O) groups excluding carboxylic acids is 1. The molecular weight excluding hydrogens is 503 g/mol. The van der Waals surface area contributed by atoms with E-state index in [1.807, 2.05) is 6.92 Å². The number of hydrogen-bond donors (Lipinski definition) is 1. The number of rotatable bonds is 7. The second-order valence-electron chi connectivity index (χ2n) is 10.4. The fourth-order valence-corrected chi connectivity index (χ4v) is 5.18. The number of halogens is 3. The highest BCUT2D eigenvalue weighted by Crippen LogP contribution is 2.43. The maximum atomic E-state index is 14.8. The zero-order valence-electron chi connectivity index (χ0n) is 21.4. The van der Waals surface area contributed by atoms with Gasteiger partial charge >= 0.3 is 0 Å². The molecule has 0 bridgehead atoms. The third-order valence-electron chi connectivity index (χ3n) is 7.61. The first-order valence-corrected chi connectivity index (χ1v) is 12.2. The highest BCUT2D eigenvalue weighted by Gasteiger charge is 2.56. The van der Waals surface area contributed by atoms with Crippen molar-refractivity contribution in [1.29, 1.82) is 0 Å². The van der Waals surface area contributed by atoms with Gasteiger partial charge in [0.15, 0.2) is 5.82 Å². The van der Waals surface area contributed by atoms with Crippen molar-refractivity contribution in [3.63, 3.8) is 0 Å². The molecule has 0 spiro atoms. The monoisotopic (exact) mass is 531 g/mol. The summed E-state index contributed by atoms with van der Waals surface area (Å²) in [6.45, 7) is 3.99. The molecule has 38 heavy (non-hydrogen) atoms. The number of hydrogen-bond acceptors (Lipinski definition) is 6. The number of carbonyl (C=O) groups is 1. The number of benzene rings is 1. The molecule has 202 valence electrons. The van der Waals surface area contributed by atoms with E-state index in [0.717, 1.165) is 10.7 Å². The van der Waals surface area contributed by atoms with E-state index in [9.17, 15) is 27.6 Å². The van der Waals surface area contributed by atoms with Crippen LogP contribution in [0, 0.1) is 5.82 Å². The molecule has 3 heterocycles. The van der Waals surface area contributed by atoms with Crippen molar-refractivity contribution in [2.75, 3.05) is 25.5 Å². The number of ether oxygens (including phenoxy) is 1. The summed E-state index contributed by atoms with van der Waals surface area (Å²) < 4.78 is 49.2. The van der Waals surface area contributed by atoms with E-state index in [1.54, 1.807) is 11.8 Å². The second kappa shape index (κ2) is 8.97. The van der Waals surface area contributed by atoms with E-state index in [4.69, 9.17) is 4.74 Å². The fourth-order valence-electron chi connectivity index (χ4n) is 5.18. The Kier molecular flexibility index (Phi) is 6.13. The highest BCUT2D eigenvalue weighted by atomic mass is 19.3. The van der Waals surface area contributed by atoms with Crippen molar-refractivity contribution in [2.24, 2.45) is 7.05 Å². The van der Waals surface area contributed by atoms with Gasteiger partial charge in [-0.2, -0.15) is 5.10 Å². The minimum absolute atomic E-state index is 0.00665. The van der Waals surface area contributed by atoms with Crippen LogP contribution >= 0.6 is 0 Å². The Balaban J connectivity index is 1.51. The lowest BCUT2D eigenvalue weighted by Gasteiger charge is -2.49. The fraction of sp³-hybridized carbons (Fsp3) is 0.462. The van der Waals surface area contributed by atoms with Crippen LogP contribution in [0.15, 0.2) is 40.1 Å². The Morgan fingerprint density at radius 3 is 2.42 bits per heavy atom. The van der Waals surface area contributed by atoms with Crippen LogP contribution in [0.25, 0.3) is 10.8 Å².